The number of hydrogen-bond donors (Lipinski definition) is 1. The number of nitrogens with one attached hydrogen (secondary N) is 1. The van der Waals surface area contributed by atoms with Gasteiger partial charge in [-0.05, 0) is 53.2 Å². The van der Waals surface area contributed by atoms with Crippen LogP contribution in [0.5, 0.6) is 0 Å². The van der Waals surface area contributed by atoms with E-state index in [1.165, 1.54) is 0 Å². The number of rotatable bonds is 7. The maximum absolute atomic E-state index is 13.7. The number of carbonyl (C=O) groups is 2. The van der Waals surface area contributed by atoms with Gasteiger partial charge in [0.2, 0.25) is 0 Å². The molecule has 0 radical (unpaired) electrons. The minimum Gasteiger partial charge on any atom is -0.458 e. The van der Waals surface area contributed by atoms with Crippen molar-refractivity contribution in [3.63, 3.8) is 0 Å². The third-order valence-electron chi connectivity index (χ3n) is 5.04. The average molecular weight is 502 g/mol. The molecule has 194 valence electrons. The second-order valence-corrected chi connectivity index (χ2v) is 10.6. The van der Waals surface area contributed by atoms with Crippen LogP contribution < -0.4 is 5.32 Å². The van der Waals surface area contributed by atoms with E-state index >= 15 is 0 Å². The largest absolute Gasteiger partial charge is 0.458 e. The standard InChI is InChI=1S/C30H35N3O4/c1-29(2,3)36-27(34)26(25(23-18-13-19-31-20-23)33-28(35)37-30(4,5)6)32-24(21-14-9-7-10-15-21)22-16-11-8-12-17-22/h7-20,25-26H,1-6H3,(H,33,35)/t25-,26+/m1/s1. The van der Waals surface area contributed by atoms with Gasteiger partial charge < -0.3 is 14.8 Å². The van der Waals surface area contributed by atoms with Crippen molar-refractivity contribution in [2.75, 3.05) is 0 Å². The molecule has 1 N–H and O–H groups in total. The van der Waals surface area contributed by atoms with Crippen molar-refractivity contribution >= 4 is 17.8 Å². The van der Waals surface area contributed by atoms with Crippen molar-refractivity contribution in [2.45, 2.75) is 64.8 Å². The zero-order valence-electron chi connectivity index (χ0n) is 22.3. The van der Waals surface area contributed by atoms with Gasteiger partial charge >= 0.3 is 12.1 Å². The maximum atomic E-state index is 13.7. The number of esters is 1. The summed E-state index contributed by atoms with van der Waals surface area (Å²) in [5.74, 6) is -0.582. The van der Waals surface area contributed by atoms with Gasteiger partial charge in [-0.25, -0.2) is 9.59 Å². The van der Waals surface area contributed by atoms with Crippen LogP contribution in [0.4, 0.5) is 4.79 Å². The first-order chi connectivity index (χ1) is 17.4. The first-order valence-corrected chi connectivity index (χ1v) is 12.2. The van der Waals surface area contributed by atoms with E-state index in [0.29, 0.717) is 11.3 Å². The molecule has 2 aromatic carbocycles. The van der Waals surface area contributed by atoms with Crippen LogP contribution in [0.1, 0.15) is 64.3 Å². The molecule has 3 rings (SSSR count). The summed E-state index contributed by atoms with van der Waals surface area (Å²) in [5.41, 5.74) is 1.34. The maximum Gasteiger partial charge on any atom is 0.408 e. The lowest BCUT2D eigenvalue weighted by Crippen LogP contribution is -2.44. The Labute approximate surface area is 219 Å². The average Bonchev–Trinajstić information content (AvgIpc) is 2.83. The Hall–Kier alpha value is -4.00. The molecule has 0 saturated heterocycles. The van der Waals surface area contributed by atoms with Crippen molar-refractivity contribution < 1.29 is 19.1 Å². The molecule has 0 bridgehead atoms. The van der Waals surface area contributed by atoms with E-state index in [4.69, 9.17) is 14.5 Å². The summed E-state index contributed by atoms with van der Waals surface area (Å²) in [6.07, 6.45) is 2.55. The van der Waals surface area contributed by atoms with Crippen LogP contribution >= 0.6 is 0 Å². The summed E-state index contributed by atoms with van der Waals surface area (Å²) >= 11 is 0. The Morgan fingerprint density at radius 1 is 0.784 bits per heavy atom. The molecule has 0 unspecified atom stereocenters. The van der Waals surface area contributed by atoms with Gasteiger partial charge in [0.1, 0.15) is 11.2 Å². The van der Waals surface area contributed by atoms with E-state index in [0.717, 1.165) is 11.1 Å². The second kappa shape index (κ2) is 11.8. The fourth-order valence-electron chi connectivity index (χ4n) is 3.61. The predicted molar refractivity (Wildman–Crippen MR) is 145 cm³/mol. The normalized spacial score (nSPS) is 13.1. The Morgan fingerprint density at radius 2 is 1.32 bits per heavy atom. The third kappa shape index (κ3) is 8.56. The van der Waals surface area contributed by atoms with Gasteiger partial charge in [-0.1, -0.05) is 66.7 Å². The highest BCUT2D eigenvalue weighted by Gasteiger charge is 2.36. The number of alkyl carbamates (subject to hydrolysis) is 1. The van der Waals surface area contributed by atoms with Crippen LogP contribution in [0.15, 0.2) is 90.2 Å². The lowest BCUT2D eigenvalue weighted by Gasteiger charge is -2.29. The molecule has 0 spiro atoms. The SMILES string of the molecule is CC(C)(C)OC(=O)N[C@H](c1cccnc1)[C@H](N=C(c1ccccc1)c1ccccc1)C(=O)OC(C)(C)C. The van der Waals surface area contributed by atoms with E-state index in [2.05, 4.69) is 10.3 Å². The summed E-state index contributed by atoms with van der Waals surface area (Å²) in [7, 11) is 0. The number of benzene rings is 2. The van der Waals surface area contributed by atoms with Crippen molar-refractivity contribution in [3.8, 4) is 0 Å². The molecule has 1 heterocycles. The van der Waals surface area contributed by atoms with Gasteiger partial charge in [-0.2, -0.15) is 0 Å². The summed E-state index contributed by atoms with van der Waals surface area (Å²) in [5, 5.41) is 2.86. The minimum atomic E-state index is -1.13. The molecular formula is C30H35N3O4. The van der Waals surface area contributed by atoms with Crippen LogP contribution in [0.2, 0.25) is 0 Å². The summed E-state index contributed by atoms with van der Waals surface area (Å²) in [6.45, 7) is 10.7. The number of amides is 1. The molecule has 0 saturated carbocycles. The molecule has 7 heteroatoms. The Bertz CT molecular complexity index is 1160. The smallest absolute Gasteiger partial charge is 0.408 e. The summed E-state index contributed by atoms with van der Waals surface area (Å²) in [6, 6.07) is 20.7. The topological polar surface area (TPSA) is 89.9 Å². The van der Waals surface area contributed by atoms with Crippen molar-refractivity contribution in [1.29, 1.82) is 0 Å². The van der Waals surface area contributed by atoms with E-state index in [1.54, 1.807) is 66.1 Å². The molecule has 0 aliphatic rings. The van der Waals surface area contributed by atoms with E-state index in [1.807, 2.05) is 60.7 Å². The van der Waals surface area contributed by atoms with Crippen LogP contribution in [-0.2, 0) is 14.3 Å². The van der Waals surface area contributed by atoms with E-state index < -0.39 is 35.3 Å². The Kier molecular flexibility index (Phi) is 8.81. The van der Waals surface area contributed by atoms with Gasteiger partial charge in [0.15, 0.2) is 6.04 Å². The molecule has 7 nitrogen and oxygen atoms in total. The molecule has 3 aromatic rings. The molecule has 1 amide bonds. The summed E-state index contributed by atoms with van der Waals surface area (Å²) in [4.78, 5) is 35.8. The van der Waals surface area contributed by atoms with Gasteiger partial charge in [0.25, 0.3) is 0 Å². The number of pyridine rings is 1. The highest BCUT2D eigenvalue weighted by molar-refractivity contribution is 6.13. The Balaban J connectivity index is 2.19. The summed E-state index contributed by atoms with van der Waals surface area (Å²) < 4.78 is 11.3. The molecule has 37 heavy (non-hydrogen) atoms. The first-order valence-electron chi connectivity index (χ1n) is 12.2. The quantitative estimate of drug-likeness (QED) is 0.322. The zero-order valence-corrected chi connectivity index (χ0v) is 22.3. The molecule has 0 aliphatic heterocycles. The number of nitrogens with zero attached hydrogens (tertiary/aromatic N) is 2. The highest BCUT2D eigenvalue weighted by atomic mass is 16.6. The first kappa shape index (κ1) is 27.6. The molecule has 0 aliphatic carbocycles. The van der Waals surface area contributed by atoms with Crippen LogP contribution in [-0.4, -0.2) is 40.0 Å². The van der Waals surface area contributed by atoms with E-state index in [-0.39, 0.29) is 0 Å². The number of carbonyl (C=O) groups excluding carboxylic acids is 2. The molecule has 2 atom stereocenters. The second-order valence-electron chi connectivity index (χ2n) is 10.6. The fraction of sp³-hybridized carbons (Fsp3) is 0.333. The van der Waals surface area contributed by atoms with E-state index in [9.17, 15) is 9.59 Å². The predicted octanol–water partition coefficient (Wildman–Crippen LogP) is 5.90. The van der Waals surface area contributed by atoms with Crippen LogP contribution in [0.25, 0.3) is 0 Å². The van der Waals surface area contributed by atoms with Gasteiger partial charge in [0, 0.05) is 23.5 Å². The number of hydrogen-bond acceptors (Lipinski definition) is 6. The number of ether oxygens (including phenoxy) is 2. The fourth-order valence-corrected chi connectivity index (χ4v) is 3.61. The molecular weight excluding hydrogens is 466 g/mol. The van der Waals surface area contributed by atoms with Gasteiger partial charge in [-0.3, -0.25) is 9.98 Å². The van der Waals surface area contributed by atoms with Crippen molar-refractivity contribution in [2.24, 2.45) is 4.99 Å². The third-order valence-corrected chi connectivity index (χ3v) is 5.04. The molecule has 1 aromatic heterocycles. The van der Waals surface area contributed by atoms with Crippen molar-refractivity contribution in [3.05, 3.63) is 102 Å². The van der Waals surface area contributed by atoms with Gasteiger partial charge in [0.05, 0.1) is 11.8 Å². The monoisotopic (exact) mass is 501 g/mol. The number of aliphatic imine (C=N–C) groups is 1. The van der Waals surface area contributed by atoms with Crippen LogP contribution in [0, 0.1) is 0 Å². The number of aromatic nitrogens is 1. The minimum absolute atomic E-state index is 0.582. The van der Waals surface area contributed by atoms with Crippen molar-refractivity contribution in [1.82, 2.24) is 10.3 Å². The lowest BCUT2D eigenvalue weighted by atomic mass is 9.98. The zero-order chi connectivity index (χ0) is 27.1. The molecule has 0 fully saturated rings. The lowest BCUT2D eigenvalue weighted by molar-refractivity contribution is -0.157. The van der Waals surface area contributed by atoms with Crippen LogP contribution in [0.3, 0.4) is 0 Å². The Morgan fingerprint density at radius 3 is 1.78 bits per heavy atom. The highest BCUT2D eigenvalue weighted by Crippen LogP contribution is 2.25. The van der Waals surface area contributed by atoms with Gasteiger partial charge in [-0.15, -0.1) is 0 Å².